The highest BCUT2D eigenvalue weighted by atomic mass is 32.2. The van der Waals surface area contributed by atoms with Crippen molar-refractivity contribution in [1.82, 2.24) is 29.1 Å². The first-order chi connectivity index (χ1) is 12.1. The van der Waals surface area contributed by atoms with Gasteiger partial charge >= 0.3 is 0 Å². The Morgan fingerprint density at radius 2 is 2.00 bits per heavy atom. The molecule has 0 saturated heterocycles. The Bertz CT molecular complexity index is 1080. The van der Waals surface area contributed by atoms with Crippen molar-refractivity contribution < 1.29 is 4.39 Å². The van der Waals surface area contributed by atoms with Crippen molar-refractivity contribution in [1.29, 1.82) is 0 Å². The minimum Gasteiger partial charge on any atom is -0.327 e. The number of hydrogen-bond donors (Lipinski definition) is 0. The van der Waals surface area contributed by atoms with Gasteiger partial charge in [0.15, 0.2) is 5.82 Å². The molecule has 0 spiro atoms. The molecule has 0 bridgehead atoms. The van der Waals surface area contributed by atoms with Crippen LogP contribution in [0.25, 0.3) is 16.8 Å². The molecule has 0 aliphatic carbocycles. The van der Waals surface area contributed by atoms with Gasteiger partial charge in [0, 0.05) is 17.9 Å². The number of nitrogens with zero attached hydrogens (tertiary/aromatic N) is 6. The van der Waals surface area contributed by atoms with Gasteiger partial charge in [0.05, 0.1) is 11.3 Å². The maximum absolute atomic E-state index is 14.0. The van der Waals surface area contributed by atoms with Crippen LogP contribution in [0.3, 0.4) is 0 Å². The number of fused-ring (bicyclic) bond motifs is 2. The van der Waals surface area contributed by atoms with Crippen LogP contribution in [0.1, 0.15) is 24.1 Å². The van der Waals surface area contributed by atoms with E-state index in [1.54, 1.807) is 10.6 Å². The predicted octanol–water partition coefficient (Wildman–Crippen LogP) is 3.54. The van der Waals surface area contributed by atoms with E-state index in [4.69, 9.17) is 0 Å². The minimum absolute atomic E-state index is 0.294. The monoisotopic (exact) mass is 356 g/mol. The van der Waals surface area contributed by atoms with Crippen molar-refractivity contribution in [2.45, 2.75) is 38.2 Å². The SMILES string of the molecule is CCn1c(CSc2nc3nc(C)cc(C)n3n2)nc2c(F)cccc21. The smallest absolute Gasteiger partial charge is 0.253 e. The van der Waals surface area contributed by atoms with Crippen LogP contribution >= 0.6 is 11.8 Å². The normalized spacial score (nSPS) is 11.7. The van der Waals surface area contributed by atoms with Gasteiger partial charge in [-0.3, -0.25) is 0 Å². The fraction of sp³-hybridized carbons (Fsp3) is 0.294. The van der Waals surface area contributed by atoms with Crippen LogP contribution in [-0.2, 0) is 12.3 Å². The van der Waals surface area contributed by atoms with Gasteiger partial charge in [-0.15, -0.1) is 5.10 Å². The molecule has 1 aromatic carbocycles. The molecule has 8 heteroatoms. The second-order valence-electron chi connectivity index (χ2n) is 5.81. The van der Waals surface area contributed by atoms with E-state index in [0.717, 1.165) is 29.3 Å². The Labute approximate surface area is 148 Å². The number of halogens is 1. The summed E-state index contributed by atoms with van der Waals surface area (Å²) in [5.74, 6) is 1.68. The third kappa shape index (κ3) is 2.76. The lowest BCUT2D eigenvalue weighted by atomic mass is 10.3. The van der Waals surface area contributed by atoms with Crippen LogP contribution in [-0.4, -0.2) is 29.1 Å². The number of hydrogen-bond acceptors (Lipinski definition) is 5. The zero-order valence-electron chi connectivity index (χ0n) is 14.2. The van der Waals surface area contributed by atoms with Crippen molar-refractivity contribution in [2.24, 2.45) is 0 Å². The van der Waals surface area contributed by atoms with E-state index in [-0.39, 0.29) is 5.82 Å². The number of thioether (sulfide) groups is 1. The van der Waals surface area contributed by atoms with Crippen LogP contribution in [0.15, 0.2) is 29.4 Å². The van der Waals surface area contributed by atoms with Gasteiger partial charge in [-0.2, -0.15) is 4.98 Å². The lowest BCUT2D eigenvalue weighted by molar-refractivity contribution is 0.637. The molecule has 4 aromatic rings. The molecule has 25 heavy (non-hydrogen) atoms. The Balaban J connectivity index is 1.66. The quantitative estimate of drug-likeness (QED) is 0.524. The van der Waals surface area contributed by atoms with Gasteiger partial charge in [-0.1, -0.05) is 17.8 Å². The van der Waals surface area contributed by atoms with E-state index in [1.807, 2.05) is 37.5 Å². The van der Waals surface area contributed by atoms with Crippen molar-refractivity contribution >= 4 is 28.6 Å². The topological polar surface area (TPSA) is 60.9 Å². The molecule has 0 aliphatic heterocycles. The fourth-order valence-electron chi connectivity index (χ4n) is 2.96. The van der Waals surface area contributed by atoms with Gasteiger partial charge in [-0.05, 0) is 39.0 Å². The first-order valence-electron chi connectivity index (χ1n) is 8.04. The lowest BCUT2D eigenvalue weighted by Crippen LogP contribution is -2.00. The largest absolute Gasteiger partial charge is 0.327 e. The summed E-state index contributed by atoms with van der Waals surface area (Å²) in [6.07, 6.45) is 0. The fourth-order valence-corrected chi connectivity index (χ4v) is 3.73. The molecule has 3 aromatic heterocycles. The maximum Gasteiger partial charge on any atom is 0.253 e. The maximum atomic E-state index is 14.0. The van der Waals surface area contributed by atoms with Gasteiger partial charge in [-0.25, -0.2) is 18.9 Å². The molecule has 6 nitrogen and oxygen atoms in total. The number of aryl methyl sites for hydroxylation is 3. The molecule has 0 N–H and O–H groups in total. The van der Waals surface area contributed by atoms with Crippen LogP contribution in [0.2, 0.25) is 0 Å². The summed E-state index contributed by atoms with van der Waals surface area (Å²) in [6.45, 7) is 6.67. The number of rotatable bonds is 4. The minimum atomic E-state index is -0.294. The molecule has 4 rings (SSSR count). The van der Waals surface area contributed by atoms with Crippen LogP contribution in [0.5, 0.6) is 0 Å². The summed E-state index contributed by atoms with van der Waals surface area (Å²) in [4.78, 5) is 13.3. The Morgan fingerprint density at radius 1 is 1.16 bits per heavy atom. The highest BCUT2D eigenvalue weighted by molar-refractivity contribution is 7.98. The molecule has 0 unspecified atom stereocenters. The zero-order chi connectivity index (χ0) is 17.6. The average molecular weight is 356 g/mol. The number of para-hydroxylation sites is 1. The molecule has 0 atom stereocenters. The van der Waals surface area contributed by atoms with Crippen molar-refractivity contribution in [2.75, 3.05) is 0 Å². The number of benzene rings is 1. The summed E-state index contributed by atoms with van der Waals surface area (Å²) in [5, 5.41) is 5.13. The number of aromatic nitrogens is 6. The van der Waals surface area contributed by atoms with Crippen LogP contribution in [0.4, 0.5) is 4.39 Å². The first-order valence-corrected chi connectivity index (χ1v) is 9.03. The summed E-state index contributed by atoms with van der Waals surface area (Å²) in [5.41, 5.74) is 3.13. The highest BCUT2D eigenvalue weighted by Crippen LogP contribution is 2.25. The molecule has 128 valence electrons. The highest BCUT2D eigenvalue weighted by Gasteiger charge is 2.14. The first kappa shape index (κ1) is 16.0. The molecular weight excluding hydrogens is 339 g/mol. The van der Waals surface area contributed by atoms with Gasteiger partial charge in [0.25, 0.3) is 5.78 Å². The number of imidazole rings is 1. The van der Waals surface area contributed by atoms with Crippen molar-refractivity contribution in [3.8, 4) is 0 Å². The second kappa shape index (κ2) is 6.11. The van der Waals surface area contributed by atoms with E-state index in [2.05, 4.69) is 20.1 Å². The summed E-state index contributed by atoms with van der Waals surface area (Å²) in [6, 6.07) is 7.01. The molecule has 0 amide bonds. The van der Waals surface area contributed by atoms with E-state index >= 15 is 0 Å². The molecule has 3 heterocycles. The van der Waals surface area contributed by atoms with E-state index < -0.39 is 0 Å². The summed E-state index contributed by atoms with van der Waals surface area (Å²) < 4.78 is 17.7. The Kier molecular flexibility index (Phi) is 3.91. The molecule has 0 saturated carbocycles. The molecular formula is C17H17FN6S. The molecule has 0 aliphatic rings. The van der Waals surface area contributed by atoms with Gasteiger partial charge in [0.1, 0.15) is 11.3 Å². The Hall–Kier alpha value is -2.48. The van der Waals surface area contributed by atoms with E-state index in [9.17, 15) is 4.39 Å². The standard InChI is InChI=1S/C17H17FN6S/c1-4-23-13-7-5-6-12(18)15(13)20-14(23)9-25-17-21-16-19-10(2)8-11(3)24(16)22-17/h5-8H,4,9H2,1-3H3. The van der Waals surface area contributed by atoms with Crippen molar-refractivity contribution in [3.63, 3.8) is 0 Å². The third-order valence-corrected chi connectivity index (χ3v) is 4.89. The zero-order valence-corrected chi connectivity index (χ0v) is 15.0. The summed E-state index contributed by atoms with van der Waals surface area (Å²) >= 11 is 1.48. The molecule has 0 fully saturated rings. The van der Waals surface area contributed by atoms with Crippen LogP contribution in [0, 0.1) is 19.7 Å². The Morgan fingerprint density at radius 3 is 2.80 bits per heavy atom. The summed E-state index contributed by atoms with van der Waals surface area (Å²) in [7, 11) is 0. The van der Waals surface area contributed by atoms with Crippen molar-refractivity contribution in [3.05, 3.63) is 47.3 Å². The predicted molar refractivity (Wildman–Crippen MR) is 95.2 cm³/mol. The van der Waals surface area contributed by atoms with Crippen LogP contribution < -0.4 is 0 Å². The van der Waals surface area contributed by atoms with E-state index in [0.29, 0.717) is 22.2 Å². The third-order valence-electron chi connectivity index (χ3n) is 4.05. The van der Waals surface area contributed by atoms with Gasteiger partial charge < -0.3 is 4.57 Å². The second-order valence-corrected chi connectivity index (χ2v) is 6.76. The lowest BCUT2D eigenvalue weighted by Gasteiger charge is -2.04. The van der Waals surface area contributed by atoms with E-state index in [1.165, 1.54) is 17.8 Å². The van der Waals surface area contributed by atoms with Gasteiger partial charge in [0.2, 0.25) is 5.16 Å². The average Bonchev–Trinajstić information content (AvgIpc) is 3.14. The molecule has 0 radical (unpaired) electrons.